The van der Waals surface area contributed by atoms with Crippen molar-refractivity contribution in [2.45, 2.75) is 24.8 Å². The van der Waals surface area contributed by atoms with Crippen molar-refractivity contribution < 1.29 is 14.0 Å². The zero-order valence-electron chi connectivity index (χ0n) is 18.1. The van der Waals surface area contributed by atoms with Crippen molar-refractivity contribution in [3.63, 3.8) is 0 Å². The Labute approximate surface area is 200 Å². The van der Waals surface area contributed by atoms with Crippen LogP contribution in [0.1, 0.15) is 23.1 Å². The third-order valence-corrected chi connectivity index (χ3v) is 6.53. The Balaban J connectivity index is 1.34. The highest BCUT2D eigenvalue weighted by Crippen LogP contribution is 2.34. The second-order valence-electron chi connectivity index (χ2n) is 7.94. The zero-order valence-corrected chi connectivity index (χ0v) is 19.0. The summed E-state index contributed by atoms with van der Waals surface area (Å²) in [4.78, 5) is 36.7. The maximum Gasteiger partial charge on any atom is 0.259 e. The highest BCUT2D eigenvalue weighted by atomic mass is 32.2. The third-order valence-electron chi connectivity index (χ3n) is 5.52. The van der Waals surface area contributed by atoms with E-state index in [1.165, 1.54) is 28.8 Å². The van der Waals surface area contributed by atoms with Crippen LogP contribution in [0.4, 0.5) is 10.1 Å². The summed E-state index contributed by atoms with van der Waals surface area (Å²) in [5, 5.41) is 3.33. The van der Waals surface area contributed by atoms with Gasteiger partial charge in [0.25, 0.3) is 5.91 Å². The van der Waals surface area contributed by atoms with Crippen LogP contribution in [-0.4, -0.2) is 33.8 Å². The average Bonchev–Trinajstić information content (AvgIpc) is 3.18. The van der Waals surface area contributed by atoms with E-state index >= 15 is 0 Å². The van der Waals surface area contributed by atoms with E-state index in [4.69, 9.17) is 0 Å². The van der Waals surface area contributed by atoms with Gasteiger partial charge in [-0.1, -0.05) is 66.4 Å². The van der Waals surface area contributed by atoms with Crippen molar-refractivity contribution in [2.24, 2.45) is 9.98 Å². The topological polar surface area (TPSA) is 74.1 Å². The normalized spacial score (nSPS) is 16.4. The van der Waals surface area contributed by atoms with Crippen LogP contribution in [0.3, 0.4) is 0 Å². The Kier molecular flexibility index (Phi) is 6.22. The zero-order chi connectivity index (χ0) is 23.5. The number of halogens is 1. The summed E-state index contributed by atoms with van der Waals surface area (Å²) in [7, 11) is 0. The molecule has 0 saturated carbocycles. The van der Waals surface area contributed by atoms with Crippen LogP contribution in [0, 0.1) is 5.82 Å². The molecule has 2 aliphatic heterocycles. The van der Waals surface area contributed by atoms with Crippen LogP contribution in [0.25, 0.3) is 0 Å². The third kappa shape index (κ3) is 4.63. The molecule has 0 aromatic heterocycles. The van der Waals surface area contributed by atoms with E-state index in [1.54, 1.807) is 6.07 Å². The molecule has 5 rings (SSSR count). The maximum atomic E-state index is 13.6. The highest BCUT2D eigenvalue weighted by molar-refractivity contribution is 8.13. The van der Waals surface area contributed by atoms with Crippen LogP contribution >= 0.6 is 11.8 Å². The number of thioether (sulfide) groups is 1. The largest absolute Gasteiger partial charge is 0.352 e. The van der Waals surface area contributed by atoms with E-state index in [2.05, 4.69) is 15.3 Å². The Morgan fingerprint density at radius 2 is 1.76 bits per heavy atom. The number of para-hydroxylation sites is 1. The molecule has 0 bridgehead atoms. The van der Waals surface area contributed by atoms with Gasteiger partial charge in [-0.15, -0.1) is 0 Å². The minimum atomic E-state index is -0.822. The van der Waals surface area contributed by atoms with Gasteiger partial charge >= 0.3 is 0 Å². The van der Waals surface area contributed by atoms with Gasteiger partial charge in [0.05, 0.1) is 12.1 Å². The van der Waals surface area contributed by atoms with Gasteiger partial charge in [-0.25, -0.2) is 14.3 Å². The van der Waals surface area contributed by atoms with Crippen molar-refractivity contribution in [1.82, 2.24) is 10.2 Å². The number of amidine groups is 2. The van der Waals surface area contributed by atoms with Crippen LogP contribution in [0.5, 0.6) is 0 Å². The summed E-state index contributed by atoms with van der Waals surface area (Å²) < 4.78 is 13.6. The van der Waals surface area contributed by atoms with Crippen LogP contribution < -0.4 is 5.32 Å². The van der Waals surface area contributed by atoms with Gasteiger partial charge in [0, 0.05) is 17.9 Å². The molecule has 1 N–H and O–H groups in total. The lowest BCUT2D eigenvalue weighted by Crippen LogP contribution is -2.42. The fourth-order valence-corrected chi connectivity index (χ4v) is 4.79. The molecule has 0 spiro atoms. The molecule has 170 valence electrons. The highest BCUT2D eigenvalue weighted by Gasteiger charge is 2.42. The maximum absolute atomic E-state index is 13.6. The summed E-state index contributed by atoms with van der Waals surface area (Å²) in [5.74, 6) is 0.0988. The minimum Gasteiger partial charge on any atom is -0.352 e. The van der Waals surface area contributed by atoms with E-state index in [-0.39, 0.29) is 24.1 Å². The number of carbonyl (C=O) groups excluding carboxylic acids is 2. The fourth-order valence-electron chi connectivity index (χ4n) is 3.85. The van der Waals surface area contributed by atoms with E-state index in [1.807, 2.05) is 60.7 Å². The molecule has 3 aromatic carbocycles. The van der Waals surface area contributed by atoms with Gasteiger partial charge < -0.3 is 5.32 Å². The van der Waals surface area contributed by atoms with E-state index < -0.39 is 6.04 Å². The number of benzene rings is 3. The second kappa shape index (κ2) is 9.61. The first kappa shape index (κ1) is 22.0. The van der Waals surface area contributed by atoms with Gasteiger partial charge in [-0.05, 0) is 35.4 Å². The summed E-state index contributed by atoms with van der Waals surface area (Å²) in [6, 6.07) is 22.6. The number of hydrogen-bond donors (Lipinski definition) is 1. The van der Waals surface area contributed by atoms with Crippen molar-refractivity contribution in [2.75, 3.05) is 0 Å². The standard InChI is InChI=1S/C26H21FN4O2S/c27-19-10-6-9-18(13-19)16-34-26-30-21-12-5-4-11-20(21)24-29-22(25(33)31(24)26)14-23(32)28-15-17-7-2-1-3-8-17/h1-13,22H,14-16H2,(H,28,32)/t22-/m0/s1. The number of rotatable bonds is 6. The van der Waals surface area contributed by atoms with E-state index in [9.17, 15) is 14.0 Å². The van der Waals surface area contributed by atoms with E-state index in [0.29, 0.717) is 29.0 Å². The molecule has 2 amide bonds. The predicted molar refractivity (Wildman–Crippen MR) is 131 cm³/mol. The quantitative estimate of drug-likeness (QED) is 0.577. The summed E-state index contributed by atoms with van der Waals surface area (Å²) in [5.41, 5.74) is 3.22. The van der Waals surface area contributed by atoms with E-state index in [0.717, 1.165) is 16.7 Å². The molecule has 2 heterocycles. The Morgan fingerprint density at radius 3 is 2.59 bits per heavy atom. The predicted octanol–water partition coefficient (Wildman–Crippen LogP) is 4.42. The van der Waals surface area contributed by atoms with Crippen molar-refractivity contribution in [3.05, 3.63) is 101 Å². The minimum absolute atomic E-state index is 0.0460. The summed E-state index contributed by atoms with van der Waals surface area (Å²) >= 11 is 1.34. The van der Waals surface area contributed by atoms with Crippen LogP contribution in [0.15, 0.2) is 88.8 Å². The lowest BCUT2D eigenvalue weighted by molar-refractivity contribution is -0.128. The Morgan fingerprint density at radius 1 is 1.00 bits per heavy atom. The lowest BCUT2D eigenvalue weighted by atomic mass is 10.1. The Hall–Kier alpha value is -3.78. The molecular formula is C26H21FN4O2S. The number of nitrogens with one attached hydrogen (secondary N) is 1. The molecular weight excluding hydrogens is 451 g/mol. The molecule has 2 aliphatic rings. The van der Waals surface area contributed by atoms with Crippen LogP contribution in [-0.2, 0) is 21.9 Å². The molecule has 0 fully saturated rings. The van der Waals surface area contributed by atoms with Crippen molar-refractivity contribution in [1.29, 1.82) is 0 Å². The number of hydrogen-bond acceptors (Lipinski definition) is 5. The number of carbonyl (C=O) groups is 2. The smallest absolute Gasteiger partial charge is 0.259 e. The molecule has 1 atom stereocenters. The SMILES string of the molecule is O=C(C[C@@H]1N=C2c3ccccc3N=C(SCc3cccc(F)c3)N2C1=O)NCc1ccccc1. The first-order chi connectivity index (χ1) is 16.6. The number of fused-ring (bicyclic) bond motifs is 3. The molecule has 6 nitrogen and oxygen atoms in total. The number of amides is 2. The van der Waals surface area contributed by atoms with Crippen molar-refractivity contribution in [3.8, 4) is 0 Å². The first-order valence-electron chi connectivity index (χ1n) is 10.9. The molecule has 0 unspecified atom stereocenters. The Bertz CT molecular complexity index is 1310. The molecule has 8 heteroatoms. The monoisotopic (exact) mass is 472 g/mol. The molecule has 0 saturated heterocycles. The fraction of sp³-hybridized carbons (Fsp3) is 0.154. The second-order valence-corrected chi connectivity index (χ2v) is 8.88. The first-order valence-corrected chi connectivity index (χ1v) is 11.8. The number of aliphatic imine (C=N–C) groups is 2. The average molecular weight is 473 g/mol. The summed E-state index contributed by atoms with van der Waals surface area (Å²) in [6.07, 6.45) is -0.0460. The van der Waals surface area contributed by atoms with Gasteiger partial charge in [0.2, 0.25) is 5.91 Å². The van der Waals surface area contributed by atoms with Gasteiger partial charge in [0.15, 0.2) is 5.17 Å². The van der Waals surface area contributed by atoms with Gasteiger partial charge in [-0.2, -0.15) is 0 Å². The molecule has 3 aromatic rings. The molecule has 34 heavy (non-hydrogen) atoms. The molecule has 0 aliphatic carbocycles. The lowest BCUT2D eigenvalue weighted by Gasteiger charge is -2.25. The van der Waals surface area contributed by atoms with Gasteiger partial charge in [0.1, 0.15) is 17.7 Å². The van der Waals surface area contributed by atoms with Gasteiger partial charge in [-0.3, -0.25) is 14.6 Å². The molecule has 0 radical (unpaired) electrons. The number of nitrogens with zero attached hydrogens (tertiary/aromatic N) is 3. The van der Waals surface area contributed by atoms with Crippen molar-refractivity contribution >= 4 is 40.3 Å². The van der Waals surface area contributed by atoms with Crippen LogP contribution in [0.2, 0.25) is 0 Å². The summed E-state index contributed by atoms with van der Waals surface area (Å²) in [6.45, 7) is 0.389.